The quantitative estimate of drug-likeness (QED) is 0.695. The first kappa shape index (κ1) is 13.0. The number of carbonyl (C=O) groups excluding carboxylic acids is 1. The van der Waals surface area contributed by atoms with Crippen molar-refractivity contribution in [3.05, 3.63) is 11.6 Å². The molecule has 0 fully saturated rings. The van der Waals surface area contributed by atoms with Crippen molar-refractivity contribution in [3.8, 4) is 0 Å². The fourth-order valence-corrected chi connectivity index (χ4v) is 1.99. The van der Waals surface area contributed by atoms with Crippen molar-refractivity contribution < 1.29 is 9.53 Å². The molecule has 0 aliphatic rings. The van der Waals surface area contributed by atoms with Crippen molar-refractivity contribution >= 4 is 6.09 Å². The lowest BCUT2D eigenvalue weighted by Crippen LogP contribution is -2.37. The predicted molar refractivity (Wildman–Crippen MR) is 58.0 cm³/mol. The highest BCUT2D eigenvalue weighted by Crippen LogP contribution is 2.35. The van der Waals surface area contributed by atoms with Crippen LogP contribution in [0.1, 0.15) is 41.5 Å². The predicted octanol–water partition coefficient (Wildman–Crippen LogP) is 2.85. The van der Waals surface area contributed by atoms with Crippen LogP contribution in [0.3, 0.4) is 0 Å². The van der Waals surface area contributed by atoms with Gasteiger partial charge in [0.2, 0.25) is 0 Å². The molecule has 0 spiro atoms. The van der Waals surface area contributed by atoms with Crippen molar-refractivity contribution in [1.29, 1.82) is 0 Å². The summed E-state index contributed by atoms with van der Waals surface area (Å²) in [4.78, 5) is 10.7. The lowest BCUT2D eigenvalue weighted by atomic mass is 9.77. The third-order valence-corrected chi connectivity index (χ3v) is 2.10. The number of hydrogen-bond acceptors (Lipinski definition) is 2. The van der Waals surface area contributed by atoms with Gasteiger partial charge in [0, 0.05) is 0 Å². The Morgan fingerprint density at radius 3 is 1.86 bits per heavy atom. The Balaban J connectivity index is 4.96. The van der Waals surface area contributed by atoms with E-state index in [0.29, 0.717) is 0 Å². The number of primary amides is 1. The van der Waals surface area contributed by atoms with Gasteiger partial charge in [0.1, 0.15) is 5.60 Å². The molecule has 0 aromatic heterocycles. The number of ether oxygens (including phenoxy) is 1. The highest BCUT2D eigenvalue weighted by Gasteiger charge is 2.33. The van der Waals surface area contributed by atoms with Crippen LogP contribution in [0, 0.1) is 5.41 Å². The van der Waals surface area contributed by atoms with E-state index in [1.165, 1.54) is 0 Å². The van der Waals surface area contributed by atoms with E-state index < -0.39 is 11.7 Å². The van der Waals surface area contributed by atoms with Crippen LogP contribution in [0.15, 0.2) is 11.6 Å². The second kappa shape index (κ2) is 4.03. The molecule has 0 atom stereocenters. The van der Waals surface area contributed by atoms with E-state index in [-0.39, 0.29) is 5.41 Å². The normalized spacial score (nSPS) is 14.0. The first-order valence-corrected chi connectivity index (χ1v) is 4.77. The minimum atomic E-state index is -0.737. The van der Waals surface area contributed by atoms with Gasteiger partial charge in [-0.25, -0.2) is 4.79 Å². The van der Waals surface area contributed by atoms with Gasteiger partial charge >= 0.3 is 6.09 Å². The minimum absolute atomic E-state index is 0.0340. The molecule has 0 heterocycles. The first-order chi connectivity index (χ1) is 6.11. The molecule has 14 heavy (non-hydrogen) atoms. The summed E-state index contributed by atoms with van der Waals surface area (Å²) in [6.07, 6.45) is 1.24. The molecular formula is C11H21NO2. The van der Waals surface area contributed by atoms with E-state index in [4.69, 9.17) is 10.5 Å². The molecule has 2 N–H and O–H groups in total. The zero-order chi connectivity index (χ0) is 11.6. The fourth-order valence-electron chi connectivity index (χ4n) is 1.99. The average Bonchev–Trinajstić information content (AvgIpc) is 1.79. The summed E-state index contributed by atoms with van der Waals surface area (Å²) in [5, 5.41) is 0. The van der Waals surface area contributed by atoms with E-state index >= 15 is 0 Å². The molecule has 0 saturated heterocycles. The minimum Gasteiger partial charge on any atom is -0.439 e. The van der Waals surface area contributed by atoms with E-state index in [1.807, 2.05) is 26.8 Å². The van der Waals surface area contributed by atoms with Crippen molar-refractivity contribution in [1.82, 2.24) is 0 Å². The summed E-state index contributed by atoms with van der Waals surface area (Å²) in [6.45, 7) is 11.9. The molecule has 0 rings (SSSR count). The maximum atomic E-state index is 10.7. The van der Waals surface area contributed by atoms with Crippen LogP contribution in [0.25, 0.3) is 0 Å². The second-order valence-corrected chi connectivity index (χ2v) is 4.88. The van der Waals surface area contributed by atoms with Crippen LogP contribution in [-0.2, 0) is 4.74 Å². The molecule has 0 bridgehead atoms. The Morgan fingerprint density at radius 2 is 1.64 bits per heavy atom. The van der Waals surface area contributed by atoms with E-state index in [2.05, 4.69) is 20.8 Å². The summed E-state index contributed by atoms with van der Waals surface area (Å²) < 4.78 is 5.09. The molecular weight excluding hydrogens is 178 g/mol. The molecule has 0 aromatic rings. The number of rotatable bonds is 2. The van der Waals surface area contributed by atoms with E-state index in [1.54, 1.807) is 0 Å². The van der Waals surface area contributed by atoms with Gasteiger partial charge in [0.05, 0.1) is 0 Å². The highest BCUT2D eigenvalue weighted by atomic mass is 16.6. The Labute approximate surface area is 86.3 Å². The topological polar surface area (TPSA) is 52.3 Å². The molecule has 1 amide bonds. The third-order valence-electron chi connectivity index (χ3n) is 2.10. The van der Waals surface area contributed by atoms with Gasteiger partial charge in [-0.1, -0.05) is 26.8 Å². The maximum Gasteiger partial charge on any atom is 0.405 e. The van der Waals surface area contributed by atoms with Gasteiger partial charge in [-0.2, -0.15) is 0 Å². The fraction of sp³-hybridized carbons (Fsp3) is 0.727. The van der Waals surface area contributed by atoms with Crippen molar-refractivity contribution in [2.45, 2.75) is 47.1 Å². The SMILES string of the molecule is CC=C(C(C)(C)C)C(C)(C)OC(N)=O. The third kappa shape index (κ3) is 3.40. The summed E-state index contributed by atoms with van der Waals surface area (Å²) >= 11 is 0. The van der Waals surface area contributed by atoms with Crippen LogP contribution in [-0.4, -0.2) is 11.7 Å². The van der Waals surface area contributed by atoms with Crippen LogP contribution in [0.4, 0.5) is 4.79 Å². The summed E-state index contributed by atoms with van der Waals surface area (Å²) in [5.74, 6) is 0. The molecule has 3 nitrogen and oxygen atoms in total. The summed E-state index contributed by atoms with van der Waals surface area (Å²) in [6, 6.07) is 0. The van der Waals surface area contributed by atoms with Crippen LogP contribution < -0.4 is 5.73 Å². The molecule has 3 heteroatoms. The molecule has 0 unspecified atom stereocenters. The number of allylic oxidation sites excluding steroid dienone is 1. The smallest absolute Gasteiger partial charge is 0.405 e. The monoisotopic (exact) mass is 199 g/mol. The molecule has 0 saturated carbocycles. The molecule has 0 radical (unpaired) electrons. The maximum absolute atomic E-state index is 10.7. The number of hydrogen-bond donors (Lipinski definition) is 1. The van der Waals surface area contributed by atoms with E-state index in [0.717, 1.165) is 5.57 Å². The average molecular weight is 199 g/mol. The number of amides is 1. The van der Waals surface area contributed by atoms with Crippen molar-refractivity contribution in [3.63, 3.8) is 0 Å². The largest absolute Gasteiger partial charge is 0.439 e. The highest BCUT2D eigenvalue weighted by molar-refractivity contribution is 5.65. The lowest BCUT2D eigenvalue weighted by molar-refractivity contribution is 0.0592. The van der Waals surface area contributed by atoms with Crippen LogP contribution >= 0.6 is 0 Å². The van der Waals surface area contributed by atoms with Gasteiger partial charge in [0.25, 0.3) is 0 Å². The Bertz CT molecular complexity index is 247. The van der Waals surface area contributed by atoms with Crippen molar-refractivity contribution in [2.75, 3.05) is 0 Å². The molecule has 0 aliphatic carbocycles. The first-order valence-electron chi connectivity index (χ1n) is 4.77. The summed E-state index contributed by atoms with van der Waals surface area (Å²) in [7, 11) is 0. The van der Waals surface area contributed by atoms with Gasteiger partial charge in [-0.05, 0) is 31.8 Å². The number of carbonyl (C=O) groups is 1. The second-order valence-electron chi connectivity index (χ2n) is 4.88. The van der Waals surface area contributed by atoms with Crippen LogP contribution in [0.2, 0.25) is 0 Å². The lowest BCUT2D eigenvalue weighted by Gasteiger charge is -2.35. The zero-order valence-electron chi connectivity index (χ0n) is 9.97. The van der Waals surface area contributed by atoms with Gasteiger partial charge in [0.15, 0.2) is 0 Å². The van der Waals surface area contributed by atoms with Gasteiger partial charge in [-0.15, -0.1) is 0 Å². The Kier molecular flexibility index (Phi) is 3.74. The molecule has 0 aromatic carbocycles. The Hall–Kier alpha value is -0.990. The van der Waals surface area contributed by atoms with Gasteiger partial charge in [-0.3, -0.25) is 0 Å². The Morgan fingerprint density at radius 1 is 1.21 bits per heavy atom. The van der Waals surface area contributed by atoms with Gasteiger partial charge < -0.3 is 10.5 Å². The van der Waals surface area contributed by atoms with Crippen molar-refractivity contribution in [2.24, 2.45) is 11.1 Å². The van der Waals surface area contributed by atoms with Crippen LogP contribution in [0.5, 0.6) is 0 Å². The zero-order valence-corrected chi connectivity index (χ0v) is 9.97. The van der Waals surface area contributed by atoms with E-state index in [9.17, 15) is 4.79 Å². The summed E-state index contributed by atoms with van der Waals surface area (Å²) in [5.41, 5.74) is 5.41. The molecule has 0 aliphatic heterocycles. The molecule has 82 valence electrons. The standard InChI is InChI=1S/C11H21NO2/c1-7-8(10(2,3)4)11(5,6)14-9(12)13/h7H,1-6H3,(H2,12,13). The number of nitrogens with two attached hydrogens (primary N) is 1.